The van der Waals surface area contributed by atoms with E-state index in [0.29, 0.717) is 18.7 Å². The average molecular weight is 337 g/mol. The lowest BCUT2D eigenvalue weighted by molar-refractivity contribution is 0.0766. The molecule has 0 saturated heterocycles. The number of thiazole rings is 1. The maximum Gasteiger partial charge on any atom is 0.253 e. The van der Waals surface area contributed by atoms with Gasteiger partial charge in [-0.15, -0.1) is 11.3 Å². The Morgan fingerprint density at radius 1 is 1.08 bits per heavy atom. The lowest BCUT2D eigenvalue weighted by Crippen LogP contribution is -2.32. The van der Waals surface area contributed by atoms with Crippen LogP contribution in [-0.4, -0.2) is 33.9 Å². The molecule has 3 rings (SSSR count). The Bertz CT molecular complexity index is 770. The van der Waals surface area contributed by atoms with Crippen molar-refractivity contribution in [2.75, 3.05) is 13.1 Å². The van der Waals surface area contributed by atoms with Gasteiger partial charge in [-0.3, -0.25) is 9.78 Å². The number of hydrogen-bond acceptors (Lipinski definition) is 4. The number of likely N-dealkylation sites (N-methyl/N-ethyl adjacent to an activating group) is 1. The normalized spacial score (nSPS) is 10.5. The van der Waals surface area contributed by atoms with Crippen LogP contribution in [0.2, 0.25) is 0 Å². The monoisotopic (exact) mass is 337 g/mol. The van der Waals surface area contributed by atoms with E-state index in [-0.39, 0.29) is 5.91 Å². The summed E-state index contributed by atoms with van der Waals surface area (Å²) in [5.41, 5.74) is 2.95. The molecule has 1 aromatic carbocycles. The minimum absolute atomic E-state index is 0.0669. The number of rotatable bonds is 6. The number of aromatic nitrogens is 2. The minimum Gasteiger partial charge on any atom is -0.339 e. The molecule has 3 aromatic rings. The molecule has 5 heteroatoms. The second-order valence-electron chi connectivity index (χ2n) is 5.40. The van der Waals surface area contributed by atoms with Gasteiger partial charge in [-0.2, -0.15) is 0 Å². The van der Waals surface area contributed by atoms with Gasteiger partial charge in [-0.1, -0.05) is 12.1 Å². The van der Waals surface area contributed by atoms with Gasteiger partial charge in [-0.05, 0) is 43.2 Å². The fraction of sp³-hybridized carbons (Fsp3) is 0.211. The van der Waals surface area contributed by atoms with E-state index in [1.54, 1.807) is 29.9 Å². The fourth-order valence-electron chi connectivity index (χ4n) is 2.52. The molecule has 0 saturated carbocycles. The van der Waals surface area contributed by atoms with Gasteiger partial charge in [0.15, 0.2) is 0 Å². The predicted molar refractivity (Wildman–Crippen MR) is 97.1 cm³/mol. The molecule has 1 amide bonds. The lowest BCUT2D eigenvalue weighted by atomic mass is 10.1. The fourth-order valence-corrected chi connectivity index (χ4v) is 3.17. The zero-order chi connectivity index (χ0) is 16.8. The Labute approximate surface area is 145 Å². The summed E-state index contributed by atoms with van der Waals surface area (Å²) in [6, 6.07) is 11.7. The molecule has 24 heavy (non-hydrogen) atoms. The zero-order valence-corrected chi connectivity index (χ0v) is 14.4. The summed E-state index contributed by atoms with van der Waals surface area (Å²) in [5.74, 6) is 0.0669. The van der Waals surface area contributed by atoms with Crippen LogP contribution >= 0.6 is 11.3 Å². The maximum atomic E-state index is 12.7. The molecular formula is C19H19N3OS. The largest absolute Gasteiger partial charge is 0.339 e. The molecule has 0 bridgehead atoms. The lowest BCUT2D eigenvalue weighted by Gasteiger charge is -2.21. The third-order valence-electron chi connectivity index (χ3n) is 3.90. The predicted octanol–water partition coefficient (Wildman–Crippen LogP) is 3.91. The summed E-state index contributed by atoms with van der Waals surface area (Å²) in [6.45, 7) is 3.40. The third-order valence-corrected chi connectivity index (χ3v) is 4.72. The highest BCUT2D eigenvalue weighted by atomic mass is 32.1. The van der Waals surface area contributed by atoms with Crippen LogP contribution in [0.1, 0.15) is 22.8 Å². The first-order valence-corrected chi connectivity index (χ1v) is 8.84. The van der Waals surface area contributed by atoms with E-state index >= 15 is 0 Å². The number of amides is 1. The van der Waals surface area contributed by atoms with E-state index in [1.165, 1.54) is 5.56 Å². The van der Waals surface area contributed by atoms with Crippen LogP contribution in [0.25, 0.3) is 10.6 Å². The Balaban J connectivity index is 1.67. The number of nitrogens with zero attached hydrogens (tertiary/aromatic N) is 3. The van der Waals surface area contributed by atoms with Crippen LogP contribution in [0.15, 0.2) is 60.4 Å². The molecule has 0 atom stereocenters. The van der Waals surface area contributed by atoms with Crippen LogP contribution in [0.5, 0.6) is 0 Å². The van der Waals surface area contributed by atoms with Crippen molar-refractivity contribution >= 4 is 17.2 Å². The first kappa shape index (κ1) is 16.3. The van der Waals surface area contributed by atoms with Crippen molar-refractivity contribution in [1.82, 2.24) is 14.9 Å². The summed E-state index contributed by atoms with van der Waals surface area (Å²) in [4.78, 5) is 22.9. The molecule has 0 N–H and O–H groups in total. The maximum absolute atomic E-state index is 12.7. The average Bonchev–Trinajstić information content (AvgIpc) is 3.18. The third kappa shape index (κ3) is 3.86. The van der Waals surface area contributed by atoms with Crippen LogP contribution in [0, 0.1) is 0 Å². The van der Waals surface area contributed by atoms with E-state index in [2.05, 4.69) is 9.97 Å². The van der Waals surface area contributed by atoms with Crippen molar-refractivity contribution in [3.8, 4) is 10.6 Å². The van der Waals surface area contributed by atoms with Crippen molar-refractivity contribution in [2.45, 2.75) is 13.3 Å². The molecule has 0 radical (unpaired) electrons. The summed E-state index contributed by atoms with van der Waals surface area (Å²) < 4.78 is 0. The van der Waals surface area contributed by atoms with E-state index in [1.807, 2.05) is 53.6 Å². The van der Waals surface area contributed by atoms with Gasteiger partial charge in [0.2, 0.25) is 0 Å². The highest BCUT2D eigenvalue weighted by molar-refractivity contribution is 7.13. The van der Waals surface area contributed by atoms with E-state index in [9.17, 15) is 4.79 Å². The SMILES string of the molecule is CCN(CCc1ccncc1)C(=O)c1ccc(-c2nccs2)cc1. The minimum atomic E-state index is 0.0669. The Morgan fingerprint density at radius 2 is 1.83 bits per heavy atom. The number of carbonyl (C=O) groups excluding carboxylic acids is 1. The molecule has 0 spiro atoms. The van der Waals surface area contributed by atoms with Crippen molar-refractivity contribution in [1.29, 1.82) is 0 Å². The van der Waals surface area contributed by atoms with Gasteiger partial charge in [0.1, 0.15) is 5.01 Å². The summed E-state index contributed by atoms with van der Waals surface area (Å²) >= 11 is 1.60. The topological polar surface area (TPSA) is 46.1 Å². The van der Waals surface area contributed by atoms with E-state index < -0.39 is 0 Å². The van der Waals surface area contributed by atoms with E-state index in [4.69, 9.17) is 0 Å². The second-order valence-corrected chi connectivity index (χ2v) is 6.30. The quantitative estimate of drug-likeness (QED) is 0.685. The van der Waals surface area contributed by atoms with Crippen molar-refractivity contribution in [3.63, 3.8) is 0 Å². The summed E-state index contributed by atoms with van der Waals surface area (Å²) in [5, 5.41) is 2.92. The number of hydrogen-bond donors (Lipinski definition) is 0. The molecule has 2 heterocycles. The van der Waals surface area contributed by atoms with Gasteiger partial charge >= 0.3 is 0 Å². The van der Waals surface area contributed by atoms with Crippen molar-refractivity contribution < 1.29 is 4.79 Å². The molecule has 2 aromatic heterocycles. The molecule has 0 aliphatic rings. The summed E-state index contributed by atoms with van der Waals surface area (Å²) in [6.07, 6.45) is 6.19. The number of benzene rings is 1. The van der Waals surface area contributed by atoms with Gasteiger partial charge < -0.3 is 4.90 Å². The van der Waals surface area contributed by atoms with Gasteiger partial charge in [0, 0.05) is 48.2 Å². The first-order chi connectivity index (χ1) is 11.8. The van der Waals surface area contributed by atoms with E-state index in [0.717, 1.165) is 17.0 Å². The van der Waals surface area contributed by atoms with Gasteiger partial charge in [0.25, 0.3) is 5.91 Å². The Kier molecular flexibility index (Phi) is 5.33. The standard InChI is InChI=1S/C19H19N3OS/c1-2-22(13-9-15-7-10-20-11-8-15)19(23)17-5-3-16(4-6-17)18-21-12-14-24-18/h3-8,10-12,14H,2,9,13H2,1H3. The molecule has 0 fully saturated rings. The van der Waals surface area contributed by atoms with Crippen LogP contribution < -0.4 is 0 Å². The molecule has 0 unspecified atom stereocenters. The van der Waals surface area contributed by atoms with Crippen molar-refractivity contribution in [2.24, 2.45) is 0 Å². The molecule has 4 nitrogen and oxygen atoms in total. The zero-order valence-electron chi connectivity index (χ0n) is 13.6. The van der Waals surface area contributed by atoms with Crippen molar-refractivity contribution in [3.05, 3.63) is 71.5 Å². The Morgan fingerprint density at radius 3 is 2.46 bits per heavy atom. The van der Waals surface area contributed by atoms with Crippen LogP contribution in [0.4, 0.5) is 0 Å². The molecule has 0 aliphatic carbocycles. The molecule has 0 aliphatic heterocycles. The highest BCUT2D eigenvalue weighted by Crippen LogP contribution is 2.22. The number of carbonyl (C=O) groups is 1. The highest BCUT2D eigenvalue weighted by Gasteiger charge is 2.14. The molecular weight excluding hydrogens is 318 g/mol. The number of pyridine rings is 1. The smallest absolute Gasteiger partial charge is 0.253 e. The Hall–Kier alpha value is -2.53. The molecule has 122 valence electrons. The first-order valence-electron chi connectivity index (χ1n) is 7.96. The second kappa shape index (κ2) is 7.84. The van der Waals surface area contributed by atoms with Crippen LogP contribution in [-0.2, 0) is 6.42 Å². The van der Waals surface area contributed by atoms with Gasteiger partial charge in [0.05, 0.1) is 0 Å². The van der Waals surface area contributed by atoms with Gasteiger partial charge in [-0.25, -0.2) is 4.98 Å². The van der Waals surface area contributed by atoms with Crippen LogP contribution in [0.3, 0.4) is 0 Å². The summed E-state index contributed by atoms with van der Waals surface area (Å²) in [7, 11) is 0.